The SMILES string of the molecule is C=C1/C(=C\C=C2/CCC[C@]3(C)C([C@@H](C)[C@@H](C#CCC(O)(CC)CC)OCC)CC[C@@H]23)C[C@@H](O)C[C@@H]1O. The Morgan fingerprint density at radius 1 is 1.19 bits per heavy atom. The molecule has 202 valence electrons. The van der Waals surface area contributed by atoms with Crippen molar-refractivity contribution in [3.63, 3.8) is 0 Å². The van der Waals surface area contributed by atoms with Crippen LogP contribution in [-0.4, -0.2) is 45.8 Å². The lowest BCUT2D eigenvalue weighted by Crippen LogP contribution is -2.39. The van der Waals surface area contributed by atoms with Crippen LogP contribution in [-0.2, 0) is 4.74 Å². The predicted octanol–water partition coefficient (Wildman–Crippen LogP) is 6.11. The van der Waals surface area contributed by atoms with E-state index in [2.05, 4.69) is 44.4 Å². The van der Waals surface area contributed by atoms with E-state index in [9.17, 15) is 15.3 Å². The molecule has 4 heteroatoms. The highest BCUT2D eigenvalue weighted by Crippen LogP contribution is 2.60. The molecule has 0 bridgehead atoms. The second-order valence-electron chi connectivity index (χ2n) is 11.8. The molecule has 3 rings (SSSR count). The van der Waals surface area contributed by atoms with Crippen molar-refractivity contribution in [3.05, 3.63) is 35.5 Å². The van der Waals surface area contributed by atoms with E-state index >= 15 is 0 Å². The minimum Gasteiger partial charge on any atom is -0.393 e. The van der Waals surface area contributed by atoms with Gasteiger partial charge in [-0.3, -0.25) is 0 Å². The summed E-state index contributed by atoms with van der Waals surface area (Å²) in [6.45, 7) is 15.6. The van der Waals surface area contributed by atoms with Crippen LogP contribution in [0.15, 0.2) is 35.5 Å². The van der Waals surface area contributed by atoms with E-state index in [-0.39, 0.29) is 11.5 Å². The van der Waals surface area contributed by atoms with Crippen molar-refractivity contribution in [3.8, 4) is 11.8 Å². The summed E-state index contributed by atoms with van der Waals surface area (Å²) in [4.78, 5) is 0. The molecule has 3 fully saturated rings. The average molecular weight is 499 g/mol. The van der Waals surface area contributed by atoms with Gasteiger partial charge in [0.15, 0.2) is 0 Å². The number of allylic oxidation sites excluding steroid dienone is 3. The molecule has 3 aliphatic carbocycles. The first-order chi connectivity index (χ1) is 17.1. The van der Waals surface area contributed by atoms with E-state index in [0.29, 0.717) is 56.5 Å². The maximum atomic E-state index is 10.6. The molecule has 0 amide bonds. The first kappa shape index (κ1) is 29.2. The first-order valence-corrected chi connectivity index (χ1v) is 14.4. The molecule has 7 atom stereocenters. The molecular weight excluding hydrogens is 448 g/mol. The number of ether oxygens (including phenoxy) is 1. The average Bonchev–Trinajstić information content (AvgIpc) is 3.21. The molecule has 4 nitrogen and oxygen atoms in total. The molecule has 36 heavy (non-hydrogen) atoms. The van der Waals surface area contributed by atoms with E-state index < -0.39 is 17.8 Å². The van der Waals surface area contributed by atoms with Crippen LogP contribution >= 0.6 is 0 Å². The summed E-state index contributed by atoms with van der Waals surface area (Å²) >= 11 is 0. The molecule has 1 unspecified atom stereocenters. The van der Waals surface area contributed by atoms with Crippen LogP contribution in [0.4, 0.5) is 0 Å². The maximum absolute atomic E-state index is 10.6. The molecule has 0 radical (unpaired) electrons. The molecular formula is C32H50O4. The number of hydrogen-bond acceptors (Lipinski definition) is 4. The molecule has 0 saturated heterocycles. The van der Waals surface area contributed by atoms with Crippen molar-refractivity contribution in [2.45, 2.75) is 123 Å². The lowest BCUT2D eigenvalue weighted by Gasteiger charge is -2.45. The third-order valence-electron chi connectivity index (χ3n) is 9.74. The van der Waals surface area contributed by atoms with Gasteiger partial charge in [0.25, 0.3) is 0 Å². The fourth-order valence-electron chi connectivity index (χ4n) is 7.14. The van der Waals surface area contributed by atoms with Crippen LogP contribution in [0.3, 0.4) is 0 Å². The second-order valence-corrected chi connectivity index (χ2v) is 11.8. The molecule has 0 heterocycles. The molecule has 0 aromatic rings. The molecule has 0 spiro atoms. The summed E-state index contributed by atoms with van der Waals surface area (Å²) in [6.07, 6.45) is 11.9. The third kappa shape index (κ3) is 6.36. The molecule has 0 aromatic carbocycles. The predicted molar refractivity (Wildman–Crippen MR) is 147 cm³/mol. The molecule has 0 aromatic heterocycles. The van der Waals surface area contributed by atoms with E-state index in [1.165, 1.54) is 31.3 Å². The second kappa shape index (κ2) is 12.4. The van der Waals surface area contributed by atoms with Gasteiger partial charge in [0, 0.05) is 19.4 Å². The van der Waals surface area contributed by atoms with Gasteiger partial charge >= 0.3 is 0 Å². The summed E-state index contributed by atoms with van der Waals surface area (Å²) in [7, 11) is 0. The Morgan fingerprint density at radius 3 is 2.58 bits per heavy atom. The maximum Gasteiger partial charge on any atom is 0.121 e. The van der Waals surface area contributed by atoms with Gasteiger partial charge in [-0.2, -0.15) is 0 Å². The topological polar surface area (TPSA) is 69.9 Å². The van der Waals surface area contributed by atoms with Gasteiger partial charge in [-0.15, -0.1) is 0 Å². The number of aliphatic hydroxyl groups excluding tert-OH is 2. The van der Waals surface area contributed by atoms with Crippen LogP contribution in [0.25, 0.3) is 0 Å². The highest BCUT2D eigenvalue weighted by molar-refractivity contribution is 5.38. The van der Waals surface area contributed by atoms with E-state index in [4.69, 9.17) is 4.74 Å². The number of fused-ring (bicyclic) bond motifs is 1. The van der Waals surface area contributed by atoms with Gasteiger partial charge in [0.2, 0.25) is 0 Å². The van der Waals surface area contributed by atoms with Gasteiger partial charge in [-0.05, 0) is 92.6 Å². The highest BCUT2D eigenvalue weighted by atomic mass is 16.5. The van der Waals surface area contributed by atoms with E-state index in [1.807, 2.05) is 20.8 Å². The number of rotatable bonds is 8. The van der Waals surface area contributed by atoms with Gasteiger partial charge < -0.3 is 20.1 Å². The van der Waals surface area contributed by atoms with Crippen LogP contribution in [0.5, 0.6) is 0 Å². The number of hydrogen-bond donors (Lipinski definition) is 3. The Labute approximate surface area is 219 Å². The minimum atomic E-state index is -0.704. The van der Waals surface area contributed by atoms with Crippen LogP contribution < -0.4 is 0 Å². The fourth-order valence-corrected chi connectivity index (χ4v) is 7.14. The number of aliphatic hydroxyl groups is 3. The van der Waals surface area contributed by atoms with Gasteiger partial charge in [-0.1, -0.05) is 63.8 Å². The summed E-state index contributed by atoms with van der Waals surface area (Å²) < 4.78 is 6.17. The Bertz CT molecular complexity index is 886. The largest absolute Gasteiger partial charge is 0.393 e. The standard InChI is InChI=1S/C32H50O4/c1-7-32(35,8-2)19-11-13-30(36-9-3)23(5)27-16-17-28-24(12-10-18-31(27,28)6)14-15-25-20-26(33)21-29(34)22(25)4/h14-15,23,26-30,33-35H,4,7-10,12,16-21H2,1-3,5-6H3/b24-14+,25-15-/t23-,26-,27?,28+,29+,30-,31-/m1/s1. The molecule has 0 aliphatic heterocycles. The smallest absolute Gasteiger partial charge is 0.121 e. The Hall–Kier alpha value is -1.38. The monoisotopic (exact) mass is 498 g/mol. The lowest BCUT2D eigenvalue weighted by molar-refractivity contribution is 0.00484. The van der Waals surface area contributed by atoms with Crippen LogP contribution in [0, 0.1) is 35.0 Å². The normalized spacial score (nSPS) is 34.8. The Balaban J connectivity index is 1.78. The zero-order chi connectivity index (χ0) is 26.5. The van der Waals surface area contributed by atoms with Crippen molar-refractivity contribution in [2.24, 2.45) is 23.2 Å². The Kier molecular flexibility index (Phi) is 10.1. The van der Waals surface area contributed by atoms with Gasteiger partial charge in [0.1, 0.15) is 6.10 Å². The van der Waals surface area contributed by atoms with Crippen LogP contribution in [0.1, 0.15) is 98.8 Å². The van der Waals surface area contributed by atoms with E-state index in [1.54, 1.807) is 0 Å². The Morgan fingerprint density at radius 2 is 1.92 bits per heavy atom. The van der Waals surface area contributed by atoms with Crippen molar-refractivity contribution < 1.29 is 20.1 Å². The summed E-state index contributed by atoms with van der Waals surface area (Å²) in [6, 6.07) is 0. The van der Waals surface area contributed by atoms with Crippen molar-refractivity contribution >= 4 is 0 Å². The van der Waals surface area contributed by atoms with Crippen molar-refractivity contribution in [1.29, 1.82) is 0 Å². The third-order valence-corrected chi connectivity index (χ3v) is 9.74. The summed E-state index contributed by atoms with van der Waals surface area (Å²) in [5, 5.41) is 31.0. The van der Waals surface area contributed by atoms with Crippen LogP contribution in [0.2, 0.25) is 0 Å². The molecule has 3 aliphatic rings. The minimum absolute atomic E-state index is 0.112. The van der Waals surface area contributed by atoms with Gasteiger partial charge in [0.05, 0.1) is 17.8 Å². The first-order valence-electron chi connectivity index (χ1n) is 14.4. The van der Waals surface area contributed by atoms with Crippen molar-refractivity contribution in [1.82, 2.24) is 0 Å². The molecule has 3 N–H and O–H groups in total. The van der Waals surface area contributed by atoms with E-state index in [0.717, 1.165) is 17.6 Å². The van der Waals surface area contributed by atoms with Crippen molar-refractivity contribution in [2.75, 3.05) is 6.61 Å². The zero-order valence-corrected chi connectivity index (χ0v) is 23.4. The fraction of sp³-hybridized carbons (Fsp3) is 0.750. The highest BCUT2D eigenvalue weighted by Gasteiger charge is 2.51. The summed E-state index contributed by atoms with van der Waals surface area (Å²) in [5.41, 5.74) is 2.75. The molecule has 3 saturated carbocycles. The zero-order valence-electron chi connectivity index (χ0n) is 23.4. The summed E-state index contributed by atoms with van der Waals surface area (Å²) in [5.74, 6) is 8.10. The lowest BCUT2D eigenvalue weighted by atomic mass is 9.60. The van der Waals surface area contributed by atoms with Gasteiger partial charge in [-0.25, -0.2) is 0 Å². The quantitative estimate of drug-likeness (QED) is 0.353.